The highest BCUT2D eigenvalue weighted by atomic mass is 79.9. The molecule has 0 aliphatic heterocycles. The molecule has 0 saturated carbocycles. The largest absolute Gasteiger partial charge is 0.357 e. The first-order valence-electron chi connectivity index (χ1n) is 6.09. The number of benzene rings is 1. The first-order valence-corrected chi connectivity index (χ1v) is 7.29. The fourth-order valence-electron chi connectivity index (χ4n) is 1.31. The lowest BCUT2D eigenvalue weighted by Crippen LogP contribution is -2.51. The van der Waals surface area contributed by atoms with Gasteiger partial charge in [0.25, 0.3) is 5.91 Å². The Morgan fingerprint density at radius 1 is 1.25 bits per heavy atom. The van der Waals surface area contributed by atoms with Crippen LogP contribution in [0.25, 0.3) is 6.08 Å². The molecule has 0 aliphatic carbocycles. The van der Waals surface area contributed by atoms with Crippen LogP contribution in [0.3, 0.4) is 0 Å². The van der Waals surface area contributed by atoms with Crippen molar-refractivity contribution in [1.29, 1.82) is 0 Å². The third-order valence-corrected chi connectivity index (χ3v) is 3.03. The molecule has 0 radical (unpaired) electrons. The average Bonchev–Trinajstić information content (AvgIpc) is 2.33. The van der Waals surface area contributed by atoms with E-state index in [0.29, 0.717) is 5.11 Å². The van der Waals surface area contributed by atoms with E-state index in [1.807, 2.05) is 45.0 Å². The lowest BCUT2D eigenvalue weighted by atomic mass is 10.1. The quantitative estimate of drug-likeness (QED) is 0.433. The molecule has 0 spiro atoms. The molecule has 1 aromatic rings. The zero-order chi connectivity index (χ0) is 15.2. The Balaban J connectivity index is 2.45. The van der Waals surface area contributed by atoms with Gasteiger partial charge in [0.1, 0.15) is 0 Å². The van der Waals surface area contributed by atoms with Gasteiger partial charge in [0.05, 0.1) is 0 Å². The topological polar surface area (TPSA) is 53.2 Å². The Kier molecular flexibility index (Phi) is 6.16. The summed E-state index contributed by atoms with van der Waals surface area (Å²) in [5.74, 6) is -0.279. The second kappa shape index (κ2) is 7.40. The van der Waals surface area contributed by atoms with Gasteiger partial charge in [0, 0.05) is 16.1 Å². The Hall–Kier alpha value is -1.40. The average molecular weight is 356 g/mol. The van der Waals surface area contributed by atoms with Crippen LogP contribution in [-0.4, -0.2) is 16.6 Å². The highest BCUT2D eigenvalue weighted by Crippen LogP contribution is 2.16. The molecular weight excluding hydrogens is 338 g/mol. The van der Waals surface area contributed by atoms with Crippen LogP contribution >= 0.6 is 28.1 Å². The van der Waals surface area contributed by atoms with Crippen LogP contribution in [0, 0.1) is 0 Å². The maximum absolute atomic E-state index is 11.6. The monoisotopic (exact) mass is 355 g/mol. The SMILES string of the molecule is CC(C)(C)NC(=S)NNC(=O)/C=C/c1ccccc1Br. The number of halogens is 1. The molecule has 0 heterocycles. The Labute approximate surface area is 133 Å². The summed E-state index contributed by atoms with van der Waals surface area (Å²) < 4.78 is 0.932. The number of rotatable bonds is 2. The molecule has 4 nitrogen and oxygen atoms in total. The zero-order valence-corrected chi connectivity index (χ0v) is 14.1. The summed E-state index contributed by atoms with van der Waals surface area (Å²) in [5.41, 5.74) is 5.92. The Bertz CT molecular complexity index is 523. The van der Waals surface area contributed by atoms with Gasteiger partial charge in [-0.05, 0) is 50.7 Å². The molecular formula is C14H18BrN3OS. The molecule has 1 aromatic carbocycles. The van der Waals surface area contributed by atoms with E-state index in [9.17, 15) is 4.79 Å². The van der Waals surface area contributed by atoms with Gasteiger partial charge in [-0.15, -0.1) is 0 Å². The van der Waals surface area contributed by atoms with E-state index < -0.39 is 0 Å². The number of hydrazine groups is 1. The number of carbonyl (C=O) groups is 1. The number of amides is 1. The van der Waals surface area contributed by atoms with Crippen LogP contribution in [0.15, 0.2) is 34.8 Å². The third-order valence-electron chi connectivity index (χ3n) is 2.11. The standard InChI is InChI=1S/C14H18BrN3OS/c1-14(2,3)16-13(20)18-17-12(19)9-8-10-6-4-5-7-11(10)15/h4-9H,1-3H3,(H,17,19)(H2,16,18,20)/b9-8+. The van der Waals surface area contributed by atoms with Crippen molar-refractivity contribution in [3.8, 4) is 0 Å². The molecule has 1 amide bonds. The second-order valence-electron chi connectivity index (χ2n) is 5.17. The van der Waals surface area contributed by atoms with Gasteiger partial charge in [0.15, 0.2) is 5.11 Å². The first-order chi connectivity index (χ1) is 9.28. The van der Waals surface area contributed by atoms with E-state index in [0.717, 1.165) is 10.0 Å². The summed E-state index contributed by atoms with van der Waals surface area (Å²) in [7, 11) is 0. The van der Waals surface area contributed by atoms with E-state index in [1.54, 1.807) is 6.08 Å². The number of thiocarbonyl (C=S) groups is 1. The molecule has 0 fully saturated rings. The fourth-order valence-corrected chi connectivity index (χ4v) is 2.08. The number of hydrogen-bond acceptors (Lipinski definition) is 2. The summed E-state index contributed by atoms with van der Waals surface area (Å²) in [6, 6.07) is 7.65. The predicted molar refractivity (Wildman–Crippen MR) is 89.9 cm³/mol. The van der Waals surface area contributed by atoms with Crippen molar-refractivity contribution in [3.63, 3.8) is 0 Å². The third kappa shape index (κ3) is 6.68. The van der Waals surface area contributed by atoms with Crippen molar-refractivity contribution >= 4 is 45.2 Å². The highest BCUT2D eigenvalue weighted by molar-refractivity contribution is 9.10. The fraction of sp³-hybridized carbons (Fsp3) is 0.286. The normalized spacial score (nSPS) is 11.2. The van der Waals surface area contributed by atoms with E-state index in [-0.39, 0.29) is 11.4 Å². The Morgan fingerprint density at radius 3 is 2.50 bits per heavy atom. The van der Waals surface area contributed by atoms with Crippen LogP contribution in [0.5, 0.6) is 0 Å². The maximum Gasteiger partial charge on any atom is 0.262 e. The van der Waals surface area contributed by atoms with E-state index in [1.165, 1.54) is 6.08 Å². The van der Waals surface area contributed by atoms with Crippen molar-refractivity contribution in [2.75, 3.05) is 0 Å². The van der Waals surface area contributed by atoms with Crippen LogP contribution in [0.4, 0.5) is 0 Å². The van der Waals surface area contributed by atoms with Crippen LogP contribution < -0.4 is 16.2 Å². The number of hydrogen-bond donors (Lipinski definition) is 3. The van der Waals surface area contributed by atoms with Crippen molar-refractivity contribution in [2.24, 2.45) is 0 Å². The lowest BCUT2D eigenvalue weighted by molar-refractivity contribution is -0.117. The van der Waals surface area contributed by atoms with Gasteiger partial charge in [-0.25, -0.2) is 0 Å². The molecule has 1 rings (SSSR count). The van der Waals surface area contributed by atoms with Crippen LogP contribution in [-0.2, 0) is 4.79 Å². The zero-order valence-electron chi connectivity index (χ0n) is 11.7. The molecule has 0 atom stereocenters. The van der Waals surface area contributed by atoms with Crippen molar-refractivity contribution in [1.82, 2.24) is 16.2 Å². The summed E-state index contributed by atoms with van der Waals surface area (Å²) in [5, 5.41) is 3.41. The molecule has 0 bridgehead atoms. The summed E-state index contributed by atoms with van der Waals surface area (Å²) in [4.78, 5) is 11.6. The molecule has 3 N–H and O–H groups in total. The first kappa shape index (κ1) is 16.7. The molecule has 20 heavy (non-hydrogen) atoms. The smallest absolute Gasteiger partial charge is 0.262 e. The van der Waals surface area contributed by atoms with Crippen LogP contribution in [0.2, 0.25) is 0 Å². The second-order valence-corrected chi connectivity index (χ2v) is 6.44. The molecule has 0 aromatic heterocycles. The van der Waals surface area contributed by atoms with Gasteiger partial charge < -0.3 is 5.32 Å². The maximum atomic E-state index is 11.6. The minimum absolute atomic E-state index is 0.153. The molecule has 6 heteroatoms. The van der Waals surface area contributed by atoms with E-state index in [4.69, 9.17) is 12.2 Å². The van der Waals surface area contributed by atoms with Gasteiger partial charge in [-0.3, -0.25) is 15.6 Å². The van der Waals surface area contributed by atoms with Gasteiger partial charge >= 0.3 is 0 Å². The van der Waals surface area contributed by atoms with E-state index >= 15 is 0 Å². The Morgan fingerprint density at radius 2 is 1.90 bits per heavy atom. The van der Waals surface area contributed by atoms with Crippen molar-refractivity contribution in [3.05, 3.63) is 40.4 Å². The van der Waals surface area contributed by atoms with Crippen LogP contribution in [0.1, 0.15) is 26.3 Å². The van der Waals surface area contributed by atoms with E-state index in [2.05, 4.69) is 32.1 Å². The molecule has 0 unspecified atom stereocenters. The number of carbonyl (C=O) groups excluding carboxylic acids is 1. The minimum atomic E-state index is -0.279. The van der Waals surface area contributed by atoms with Gasteiger partial charge in [0.2, 0.25) is 0 Å². The minimum Gasteiger partial charge on any atom is -0.357 e. The summed E-state index contributed by atoms with van der Waals surface area (Å²) in [6.45, 7) is 5.95. The van der Waals surface area contributed by atoms with Gasteiger partial charge in [-0.2, -0.15) is 0 Å². The van der Waals surface area contributed by atoms with Gasteiger partial charge in [-0.1, -0.05) is 34.1 Å². The predicted octanol–water partition coefficient (Wildman–Crippen LogP) is 2.76. The number of nitrogens with one attached hydrogen (secondary N) is 3. The van der Waals surface area contributed by atoms with Crippen molar-refractivity contribution < 1.29 is 4.79 Å². The highest BCUT2D eigenvalue weighted by Gasteiger charge is 2.10. The molecule has 108 valence electrons. The summed E-state index contributed by atoms with van der Waals surface area (Å²) in [6.07, 6.45) is 3.16. The lowest BCUT2D eigenvalue weighted by Gasteiger charge is -2.22. The molecule has 0 aliphatic rings. The molecule has 0 saturated heterocycles. The summed E-state index contributed by atoms with van der Waals surface area (Å²) >= 11 is 8.46. The van der Waals surface area contributed by atoms with Crippen molar-refractivity contribution in [2.45, 2.75) is 26.3 Å².